The Bertz CT molecular complexity index is 1110. The lowest BCUT2D eigenvalue weighted by molar-refractivity contribution is 0.106. The summed E-state index contributed by atoms with van der Waals surface area (Å²) in [6, 6.07) is 20.4. The molecule has 3 aromatic carbocycles. The van der Waals surface area contributed by atoms with E-state index in [1.165, 1.54) is 12.1 Å². The number of hydrogen-bond donors (Lipinski definition) is 4. The average molecular weight is 568 g/mol. The second-order valence-electron chi connectivity index (χ2n) is 7.15. The zero-order valence-corrected chi connectivity index (χ0v) is 20.2. The monoisotopic (exact) mass is 568 g/mol. The van der Waals surface area contributed by atoms with Crippen LogP contribution in [0.25, 0.3) is 0 Å². The number of phenolic OH excluding ortho intramolecular Hbond substituents is 1. The quantitative estimate of drug-likeness (QED) is 0.209. The summed E-state index contributed by atoms with van der Waals surface area (Å²) in [5.41, 5.74) is 1.55. The van der Waals surface area contributed by atoms with Gasteiger partial charge in [-0.05, 0) is 89.7 Å². The molecule has 170 valence electrons. The lowest BCUT2D eigenvalue weighted by Crippen LogP contribution is -2.32. The number of benzene rings is 3. The van der Waals surface area contributed by atoms with Crippen LogP contribution in [0.4, 0.5) is 5.69 Å². The highest BCUT2D eigenvalue weighted by atomic mass is 127. The molecule has 0 unspecified atom stereocenters. The van der Waals surface area contributed by atoms with Gasteiger partial charge in [-0.2, -0.15) is 0 Å². The van der Waals surface area contributed by atoms with E-state index in [0.717, 1.165) is 12.0 Å². The number of rotatable bonds is 11. The smallest absolute Gasteiger partial charge is 0.262 e. The number of aromatic hydroxyl groups is 1. The van der Waals surface area contributed by atoms with Crippen LogP contribution in [0.2, 0.25) is 0 Å². The minimum atomic E-state index is -3.64. The molecule has 0 heterocycles. The van der Waals surface area contributed by atoms with E-state index in [2.05, 4.69) is 10.0 Å². The molecule has 7 nitrogen and oxygen atoms in total. The highest BCUT2D eigenvalue weighted by Crippen LogP contribution is 2.21. The fourth-order valence-electron chi connectivity index (χ4n) is 2.91. The average Bonchev–Trinajstić information content (AvgIpc) is 2.77. The van der Waals surface area contributed by atoms with E-state index in [0.29, 0.717) is 28.1 Å². The number of halogens is 1. The molecular formula is C23H25IN2O5S. The van der Waals surface area contributed by atoms with Crippen molar-refractivity contribution in [2.75, 3.05) is 24.4 Å². The van der Waals surface area contributed by atoms with E-state index in [1.54, 1.807) is 48.5 Å². The van der Waals surface area contributed by atoms with E-state index in [1.807, 2.05) is 34.7 Å². The van der Waals surface area contributed by atoms with E-state index in [-0.39, 0.29) is 17.3 Å². The van der Waals surface area contributed by atoms with Gasteiger partial charge in [-0.1, -0.05) is 24.3 Å². The van der Waals surface area contributed by atoms with Crippen molar-refractivity contribution in [3.05, 3.63) is 81.9 Å². The van der Waals surface area contributed by atoms with Crippen molar-refractivity contribution in [2.45, 2.75) is 17.4 Å². The Morgan fingerprint density at radius 1 is 0.969 bits per heavy atom. The first-order valence-corrected chi connectivity index (χ1v) is 12.6. The second-order valence-corrected chi connectivity index (χ2v) is 9.96. The summed E-state index contributed by atoms with van der Waals surface area (Å²) < 4.78 is 33.9. The maximum Gasteiger partial charge on any atom is 0.262 e. The lowest BCUT2D eigenvalue weighted by atomic mass is 10.1. The molecule has 1 atom stereocenters. The first-order valence-electron chi connectivity index (χ1n) is 10.0. The summed E-state index contributed by atoms with van der Waals surface area (Å²) >= 11 is 2.01. The maximum atomic E-state index is 12.6. The Balaban J connectivity index is 1.40. The Morgan fingerprint density at radius 2 is 1.66 bits per heavy atom. The topological polar surface area (TPSA) is 108 Å². The van der Waals surface area contributed by atoms with Crippen LogP contribution < -0.4 is 14.8 Å². The minimum absolute atomic E-state index is 0.146. The molecule has 0 bridgehead atoms. The zero-order chi connectivity index (χ0) is 23.0. The molecule has 0 aliphatic carbocycles. The summed E-state index contributed by atoms with van der Waals surface area (Å²) in [5.74, 6) is 0.746. The van der Waals surface area contributed by atoms with Crippen LogP contribution in [0.3, 0.4) is 0 Å². The highest BCUT2D eigenvalue weighted by Gasteiger charge is 2.17. The fraction of sp³-hybridized carbons (Fsp3) is 0.217. The maximum absolute atomic E-state index is 12.6. The van der Waals surface area contributed by atoms with Gasteiger partial charge in [0.05, 0.1) is 0 Å². The Morgan fingerprint density at radius 3 is 2.34 bits per heavy atom. The van der Waals surface area contributed by atoms with Gasteiger partial charge in [0.25, 0.3) is 10.0 Å². The predicted octanol–water partition coefficient (Wildman–Crippen LogP) is 3.37. The van der Waals surface area contributed by atoms with Crippen molar-refractivity contribution >= 4 is 38.3 Å². The van der Waals surface area contributed by atoms with Crippen LogP contribution in [0.15, 0.2) is 77.7 Å². The molecule has 3 rings (SSSR count). The molecular weight excluding hydrogens is 543 g/mol. The molecule has 0 saturated heterocycles. The zero-order valence-electron chi connectivity index (χ0n) is 17.2. The molecule has 0 spiro atoms. The van der Waals surface area contributed by atoms with E-state index < -0.39 is 16.1 Å². The summed E-state index contributed by atoms with van der Waals surface area (Å²) in [4.78, 5) is 0.252. The second kappa shape index (κ2) is 11.5. The molecule has 4 N–H and O–H groups in total. The van der Waals surface area contributed by atoms with E-state index in [9.17, 15) is 18.6 Å². The molecule has 9 heteroatoms. The third-order valence-corrected chi connectivity index (χ3v) is 7.33. The molecule has 0 saturated carbocycles. The van der Waals surface area contributed by atoms with Crippen LogP contribution in [0, 0.1) is 3.57 Å². The molecule has 0 aliphatic heterocycles. The normalized spacial score (nSPS) is 12.3. The number of sulfonamides is 1. The first kappa shape index (κ1) is 24.3. The highest BCUT2D eigenvalue weighted by molar-refractivity contribution is 14.1. The van der Waals surface area contributed by atoms with Gasteiger partial charge in [-0.25, -0.2) is 8.42 Å². The van der Waals surface area contributed by atoms with Crippen LogP contribution in [-0.2, 0) is 16.4 Å². The van der Waals surface area contributed by atoms with Gasteiger partial charge in [0.2, 0.25) is 0 Å². The van der Waals surface area contributed by atoms with Gasteiger partial charge in [-0.3, -0.25) is 4.72 Å². The Hall–Kier alpha value is -2.34. The van der Waals surface area contributed by atoms with Crippen molar-refractivity contribution in [3.63, 3.8) is 0 Å². The van der Waals surface area contributed by atoms with E-state index >= 15 is 0 Å². The van der Waals surface area contributed by atoms with Gasteiger partial charge in [0, 0.05) is 15.8 Å². The number of phenols is 1. The van der Waals surface area contributed by atoms with Gasteiger partial charge in [-0.15, -0.1) is 0 Å². The summed E-state index contributed by atoms with van der Waals surface area (Å²) in [6.45, 7) is 1.18. The first-order chi connectivity index (χ1) is 15.3. The van der Waals surface area contributed by atoms with Crippen LogP contribution in [0.5, 0.6) is 11.5 Å². The number of anilines is 1. The third kappa shape index (κ3) is 7.37. The summed E-state index contributed by atoms with van der Waals surface area (Å²) in [6.07, 6.45) is 0.0659. The molecule has 0 radical (unpaired) electrons. The van der Waals surface area contributed by atoms with E-state index in [4.69, 9.17) is 4.74 Å². The fourth-order valence-corrected chi connectivity index (χ4v) is 5.30. The molecule has 0 aliphatic rings. The SMILES string of the molecule is O=S(=O)(Nc1ccc(CCNC[C@H](O)COc2ccc(O)cc2)cc1)c1ccccc1I. The standard InChI is InChI=1S/C23H25IN2O5S/c24-22-3-1-2-4-23(22)32(29,30)26-18-7-5-17(6-8-18)13-14-25-15-20(28)16-31-21-11-9-19(27)10-12-21/h1-12,20,25-28H,13-16H2/t20-/m0/s1. The Labute approximate surface area is 201 Å². The minimum Gasteiger partial charge on any atom is -0.508 e. The van der Waals surface area contributed by atoms with Crippen molar-refractivity contribution in [1.29, 1.82) is 0 Å². The van der Waals surface area contributed by atoms with Gasteiger partial charge < -0.3 is 20.3 Å². The largest absolute Gasteiger partial charge is 0.508 e. The van der Waals surface area contributed by atoms with Crippen molar-refractivity contribution in [1.82, 2.24) is 5.32 Å². The van der Waals surface area contributed by atoms with Crippen molar-refractivity contribution in [2.24, 2.45) is 0 Å². The predicted molar refractivity (Wildman–Crippen MR) is 133 cm³/mol. The number of hydrogen-bond acceptors (Lipinski definition) is 6. The summed E-state index contributed by atoms with van der Waals surface area (Å²) in [7, 11) is -3.64. The van der Waals surface area contributed by atoms with Crippen molar-refractivity contribution < 1.29 is 23.4 Å². The molecule has 3 aromatic rings. The molecule has 0 amide bonds. The van der Waals surface area contributed by atoms with Crippen LogP contribution >= 0.6 is 22.6 Å². The van der Waals surface area contributed by atoms with Crippen LogP contribution in [-0.4, -0.2) is 44.4 Å². The van der Waals surface area contributed by atoms with Gasteiger partial charge in [0.1, 0.15) is 29.1 Å². The van der Waals surface area contributed by atoms with Crippen LogP contribution in [0.1, 0.15) is 5.56 Å². The number of nitrogens with one attached hydrogen (secondary N) is 2. The number of aliphatic hydroxyl groups excluding tert-OH is 1. The van der Waals surface area contributed by atoms with Crippen molar-refractivity contribution in [3.8, 4) is 11.5 Å². The number of ether oxygens (including phenoxy) is 1. The molecule has 32 heavy (non-hydrogen) atoms. The summed E-state index contributed by atoms with van der Waals surface area (Å²) in [5, 5.41) is 22.4. The van der Waals surface area contributed by atoms with Gasteiger partial charge in [0.15, 0.2) is 0 Å². The van der Waals surface area contributed by atoms with Gasteiger partial charge >= 0.3 is 0 Å². The lowest BCUT2D eigenvalue weighted by Gasteiger charge is -2.13. The number of aliphatic hydroxyl groups is 1. The molecule has 0 aromatic heterocycles. The molecule has 0 fully saturated rings. The Kier molecular flexibility index (Phi) is 8.74. The third-order valence-electron chi connectivity index (χ3n) is 4.58.